The number of rotatable bonds is 1. The zero-order chi connectivity index (χ0) is 16.0. The molecule has 0 aliphatic carbocycles. The van der Waals surface area contributed by atoms with Crippen LogP contribution in [0.2, 0.25) is 0 Å². The molecule has 1 amide bonds. The van der Waals surface area contributed by atoms with E-state index < -0.39 is 0 Å². The average molecular weight is 377 g/mol. The van der Waals surface area contributed by atoms with E-state index in [4.69, 9.17) is 0 Å². The van der Waals surface area contributed by atoms with Gasteiger partial charge in [-0.3, -0.25) is 14.8 Å². The van der Waals surface area contributed by atoms with Crippen LogP contribution in [0.25, 0.3) is 16.8 Å². The van der Waals surface area contributed by atoms with Crippen molar-refractivity contribution in [1.29, 1.82) is 0 Å². The Bertz CT molecular complexity index is 923. The van der Waals surface area contributed by atoms with Gasteiger partial charge in [-0.05, 0) is 31.2 Å². The number of aromatic nitrogens is 3. The molecule has 1 aliphatic rings. The first-order chi connectivity index (χ1) is 11.1. The lowest BCUT2D eigenvalue weighted by molar-refractivity contribution is 0.0781. The van der Waals surface area contributed by atoms with Gasteiger partial charge in [-0.2, -0.15) is 0 Å². The number of nitrogens with zero attached hydrogens (tertiary/aromatic N) is 4. The highest BCUT2D eigenvalue weighted by molar-refractivity contribution is 5.94. The predicted molar refractivity (Wildman–Crippen MR) is 102 cm³/mol. The van der Waals surface area contributed by atoms with Crippen LogP contribution in [0.4, 0.5) is 0 Å². The van der Waals surface area contributed by atoms with Crippen molar-refractivity contribution in [3.8, 4) is 16.8 Å². The highest BCUT2D eigenvalue weighted by Gasteiger charge is 2.24. The fourth-order valence-corrected chi connectivity index (χ4v) is 3.01. The largest absolute Gasteiger partial charge is 0.334 e. The summed E-state index contributed by atoms with van der Waals surface area (Å²) in [5, 5.41) is 0. The fraction of sp³-hybridized carbons (Fsp3) is 0.167. The van der Waals surface area contributed by atoms with Gasteiger partial charge in [0.15, 0.2) is 0 Å². The predicted octanol–water partition coefficient (Wildman–Crippen LogP) is 3.67. The first kappa shape index (κ1) is 19.0. The average Bonchev–Trinajstić information content (AvgIpc) is 3.01. The minimum atomic E-state index is 0. The number of halogens is 2. The summed E-state index contributed by atoms with van der Waals surface area (Å²) in [6, 6.07) is 9.78. The van der Waals surface area contributed by atoms with Crippen LogP contribution in [0.1, 0.15) is 21.9 Å². The van der Waals surface area contributed by atoms with Gasteiger partial charge in [0.05, 0.1) is 17.9 Å². The molecule has 1 aliphatic heterocycles. The normalized spacial score (nSPS) is 12.4. The highest BCUT2D eigenvalue weighted by atomic mass is 35.5. The van der Waals surface area contributed by atoms with Gasteiger partial charge < -0.3 is 9.47 Å². The molecular weight excluding hydrogens is 359 g/mol. The summed E-state index contributed by atoms with van der Waals surface area (Å²) in [7, 11) is 1.80. The van der Waals surface area contributed by atoms with Crippen LogP contribution in [0.5, 0.6) is 0 Å². The van der Waals surface area contributed by atoms with Gasteiger partial charge in [0, 0.05) is 42.5 Å². The van der Waals surface area contributed by atoms with Gasteiger partial charge >= 0.3 is 0 Å². The SMILES string of the molecule is Cc1ncccc1-c1cnc2c(c1)-n1cccc1C(=O)N(C)C2.Cl.Cl. The van der Waals surface area contributed by atoms with Crippen molar-refractivity contribution in [1.82, 2.24) is 19.4 Å². The molecule has 0 N–H and O–H groups in total. The number of fused-ring (bicyclic) bond motifs is 3. The molecular formula is C18H18Cl2N4O. The molecule has 130 valence electrons. The summed E-state index contributed by atoms with van der Waals surface area (Å²) in [6.07, 6.45) is 5.55. The van der Waals surface area contributed by atoms with Crippen LogP contribution in [-0.4, -0.2) is 32.4 Å². The van der Waals surface area contributed by atoms with E-state index >= 15 is 0 Å². The molecule has 4 heterocycles. The van der Waals surface area contributed by atoms with E-state index in [-0.39, 0.29) is 30.7 Å². The summed E-state index contributed by atoms with van der Waals surface area (Å²) in [6.45, 7) is 2.49. The molecule has 7 heteroatoms. The zero-order valence-corrected chi connectivity index (χ0v) is 15.5. The molecule has 25 heavy (non-hydrogen) atoms. The molecule has 0 aromatic carbocycles. The van der Waals surface area contributed by atoms with Crippen LogP contribution < -0.4 is 0 Å². The van der Waals surface area contributed by atoms with Gasteiger partial charge in [0.25, 0.3) is 5.91 Å². The second-order valence-electron chi connectivity index (χ2n) is 5.75. The minimum absolute atomic E-state index is 0. The number of hydrogen-bond acceptors (Lipinski definition) is 3. The van der Waals surface area contributed by atoms with E-state index in [1.807, 2.05) is 48.1 Å². The summed E-state index contributed by atoms with van der Waals surface area (Å²) >= 11 is 0. The molecule has 3 aromatic rings. The van der Waals surface area contributed by atoms with Crippen molar-refractivity contribution in [2.24, 2.45) is 0 Å². The van der Waals surface area contributed by atoms with Gasteiger partial charge in [-0.15, -0.1) is 24.8 Å². The van der Waals surface area contributed by atoms with Crippen LogP contribution in [-0.2, 0) is 6.54 Å². The number of carbonyl (C=O) groups is 1. The number of amides is 1. The van der Waals surface area contributed by atoms with Crippen LogP contribution in [0.15, 0.2) is 48.9 Å². The highest BCUT2D eigenvalue weighted by Crippen LogP contribution is 2.28. The molecule has 0 saturated carbocycles. The molecule has 0 saturated heterocycles. The summed E-state index contributed by atoms with van der Waals surface area (Å²) in [5.41, 5.74) is 5.52. The molecule has 4 rings (SSSR count). The molecule has 0 unspecified atom stereocenters. The Balaban J connectivity index is 0.00000113. The standard InChI is InChI=1S/C18H16N4O.2ClH/c1-12-14(5-3-7-19-12)13-9-17-15(20-10-13)11-21(2)18(23)16-6-4-8-22(16)17;;/h3-10H,11H2,1-2H3;2*1H. The Kier molecular flexibility index (Phi) is 5.50. The minimum Gasteiger partial charge on any atom is -0.334 e. The maximum Gasteiger partial charge on any atom is 0.270 e. The van der Waals surface area contributed by atoms with Gasteiger partial charge in [-0.1, -0.05) is 6.07 Å². The summed E-state index contributed by atoms with van der Waals surface area (Å²) in [5.74, 6) is 0.00658. The Hall–Kier alpha value is -2.37. The molecule has 0 fully saturated rings. The Morgan fingerprint density at radius 2 is 1.92 bits per heavy atom. The monoisotopic (exact) mass is 376 g/mol. The maximum absolute atomic E-state index is 12.4. The molecule has 3 aromatic heterocycles. The fourth-order valence-electron chi connectivity index (χ4n) is 3.01. The number of hydrogen-bond donors (Lipinski definition) is 0. The molecule has 5 nitrogen and oxygen atoms in total. The van der Waals surface area contributed by atoms with Crippen LogP contribution in [0.3, 0.4) is 0 Å². The number of carbonyl (C=O) groups excluding carboxylic acids is 1. The summed E-state index contributed by atoms with van der Waals surface area (Å²) in [4.78, 5) is 23.1. The van der Waals surface area contributed by atoms with Crippen LogP contribution >= 0.6 is 24.8 Å². The van der Waals surface area contributed by atoms with Crippen molar-refractivity contribution in [3.05, 3.63) is 66.0 Å². The van der Waals surface area contributed by atoms with Crippen LogP contribution in [0, 0.1) is 6.92 Å². The van der Waals surface area contributed by atoms with Gasteiger partial charge in [0.1, 0.15) is 5.69 Å². The third-order valence-corrected chi connectivity index (χ3v) is 4.23. The Morgan fingerprint density at radius 1 is 1.12 bits per heavy atom. The van der Waals surface area contributed by atoms with E-state index in [2.05, 4.69) is 16.0 Å². The van der Waals surface area contributed by atoms with Gasteiger partial charge in [-0.25, -0.2) is 0 Å². The van der Waals surface area contributed by atoms with Crippen molar-refractivity contribution >= 4 is 30.7 Å². The lowest BCUT2D eigenvalue weighted by Crippen LogP contribution is -2.25. The lowest BCUT2D eigenvalue weighted by atomic mass is 10.1. The maximum atomic E-state index is 12.4. The first-order valence-electron chi connectivity index (χ1n) is 7.49. The topological polar surface area (TPSA) is 51.0 Å². The van der Waals surface area contributed by atoms with Crippen molar-refractivity contribution in [2.75, 3.05) is 7.05 Å². The number of aryl methyl sites for hydroxylation is 1. The first-order valence-corrected chi connectivity index (χ1v) is 7.49. The molecule has 0 spiro atoms. The third kappa shape index (κ3) is 3.13. The summed E-state index contributed by atoms with van der Waals surface area (Å²) < 4.78 is 1.92. The molecule has 0 atom stereocenters. The van der Waals surface area contributed by atoms with E-state index in [9.17, 15) is 4.79 Å². The quantitative estimate of drug-likeness (QED) is 0.650. The van der Waals surface area contributed by atoms with E-state index in [1.54, 1.807) is 18.1 Å². The number of pyridine rings is 2. The lowest BCUT2D eigenvalue weighted by Gasteiger charge is -2.13. The van der Waals surface area contributed by atoms with E-state index in [0.717, 1.165) is 28.2 Å². The second-order valence-corrected chi connectivity index (χ2v) is 5.75. The molecule has 0 bridgehead atoms. The Labute approximate surface area is 158 Å². The van der Waals surface area contributed by atoms with Crippen molar-refractivity contribution in [2.45, 2.75) is 13.5 Å². The van der Waals surface area contributed by atoms with E-state index in [0.29, 0.717) is 12.2 Å². The Morgan fingerprint density at radius 3 is 2.68 bits per heavy atom. The zero-order valence-electron chi connectivity index (χ0n) is 13.8. The second kappa shape index (κ2) is 7.25. The van der Waals surface area contributed by atoms with Crippen molar-refractivity contribution in [3.63, 3.8) is 0 Å². The molecule has 0 radical (unpaired) electrons. The van der Waals surface area contributed by atoms with E-state index in [1.165, 1.54) is 0 Å². The van der Waals surface area contributed by atoms with Gasteiger partial charge in [0.2, 0.25) is 0 Å². The van der Waals surface area contributed by atoms with Crippen molar-refractivity contribution < 1.29 is 4.79 Å². The third-order valence-electron chi connectivity index (χ3n) is 4.23. The smallest absolute Gasteiger partial charge is 0.270 e.